The standard InChI is InChI=1S/C24H33N3OS/c1-6-13-27(7-2)14-12-21-15-19(5)22(16-18(21)4)28-24(29)26-23(25)20-10-8-17(3)9-11-20/h8-11,15-16H,6-7,12-14H2,1-5H3,(H2,25,26,29)/p+1. The fraction of sp³-hybridized carbons (Fsp3) is 0.417. The highest BCUT2D eigenvalue weighted by Crippen LogP contribution is 2.24. The maximum Gasteiger partial charge on any atom is 0.414 e. The third kappa shape index (κ3) is 7.02. The lowest BCUT2D eigenvalue weighted by Crippen LogP contribution is -2.26. The van der Waals surface area contributed by atoms with Crippen LogP contribution >= 0.6 is 0 Å². The molecule has 0 heterocycles. The minimum Gasteiger partial charge on any atom is -0.402 e. The zero-order valence-corrected chi connectivity index (χ0v) is 19.3. The smallest absolute Gasteiger partial charge is 0.402 e. The molecule has 0 fully saturated rings. The van der Waals surface area contributed by atoms with Crippen LogP contribution in [0.25, 0.3) is 0 Å². The van der Waals surface area contributed by atoms with E-state index < -0.39 is 0 Å². The van der Waals surface area contributed by atoms with Gasteiger partial charge in [-0.05, 0) is 69.5 Å². The number of hydrogen-bond acceptors (Lipinski definition) is 3. The summed E-state index contributed by atoms with van der Waals surface area (Å²) in [6.07, 6.45) is 2.22. The Hall–Kier alpha value is -2.11. The zero-order valence-electron chi connectivity index (χ0n) is 18.3. The average Bonchev–Trinajstić information content (AvgIpc) is 2.68. The second kappa shape index (κ2) is 11.2. The summed E-state index contributed by atoms with van der Waals surface area (Å²) in [6.45, 7) is 13.9. The van der Waals surface area contributed by atoms with Gasteiger partial charge < -0.3 is 9.64 Å². The Labute approximate surface area is 180 Å². The third-order valence-electron chi connectivity index (χ3n) is 5.06. The Morgan fingerprint density at radius 1 is 1.03 bits per heavy atom. The van der Waals surface area contributed by atoms with E-state index in [1.165, 1.54) is 17.5 Å². The van der Waals surface area contributed by atoms with Gasteiger partial charge in [0.05, 0.1) is 12.6 Å². The molecule has 0 amide bonds. The zero-order chi connectivity index (χ0) is 21.4. The molecule has 0 aliphatic carbocycles. The summed E-state index contributed by atoms with van der Waals surface area (Å²) in [4.78, 5) is 6.73. The van der Waals surface area contributed by atoms with Crippen LogP contribution in [0.1, 0.15) is 48.1 Å². The van der Waals surface area contributed by atoms with Crippen LogP contribution in [0.4, 0.5) is 0 Å². The van der Waals surface area contributed by atoms with E-state index in [4.69, 9.17) is 10.1 Å². The highest BCUT2D eigenvalue weighted by Gasteiger charge is 2.12. The second-order valence-electron chi connectivity index (χ2n) is 7.46. The second-order valence-corrected chi connectivity index (χ2v) is 7.89. The van der Waals surface area contributed by atoms with Crippen molar-refractivity contribution in [1.82, 2.24) is 4.90 Å². The Balaban J connectivity index is 2.07. The summed E-state index contributed by atoms with van der Waals surface area (Å²) in [7, 11) is 0. The van der Waals surface area contributed by atoms with Gasteiger partial charge in [-0.1, -0.05) is 49.7 Å². The minimum absolute atomic E-state index is 0.163. The van der Waals surface area contributed by atoms with Crippen LogP contribution in [0.3, 0.4) is 0 Å². The lowest BCUT2D eigenvalue weighted by Gasteiger charge is -2.20. The van der Waals surface area contributed by atoms with Gasteiger partial charge in [-0.3, -0.25) is 5.41 Å². The first-order chi connectivity index (χ1) is 13.8. The van der Waals surface area contributed by atoms with Gasteiger partial charge in [-0.25, -0.2) is 0 Å². The minimum atomic E-state index is 0.163. The molecule has 2 rings (SSSR count). The van der Waals surface area contributed by atoms with Crippen LogP contribution in [0.5, 0.6) is 5.75 Å². The number of hydrogen-bond donors (Lipinski definition) is 1. The molecule has 0 radical (unpaired) electrons. The Morgan fingerprint density at radius 3 is 2.34 bits per heavy atom. The SMILES string of the molecule is CCCN(CC)CCc1cc(C)c(OC([SH2+])=NC(=N)c2ccc(C)cc2)cc1C. The summed E-state index contributed by atoms with van der Waals surface area (Å²) in [5.41, 5.74) is 5.54. The van der Waals surface area contributed by atoms with E-state index in [1.54, 1.807) is 0 Å². The molecule has 0 unspecified atom stereocenters. The first kappa shape index (κ1) is 23.2. The number of ether oxygens (including phenoxy) is 1. The fourth-order valence-corrected chi connectivity index (χ4v) is 3.48. The first-order valence-corrected chi connectivity index (χ1v) is 10.8. The third-order valence-corrected chi connectivity index (χ3v) is 5.28. The average molecular weight is 413 g/mol. The normalized spacial score (nSPS) is 11.8. The van der Waals surface area contributed by atoms with Crippen molar-refractivity contribution in [3.8, 4) is 5.75 Å². The van der Waals surface area contributed by atoms with Gasteiger partial charge in [0, 0.05) is 12.1 Å². The molecule has 0 aromatic heterocycles. The summed E-state index contributed by atoms with van der Waals surface area (Å²) in [6, 6.07) is 12.0. The number of nitrogens with zero attached hydrogens (tertiary/aromatic N) is 2. The summed E-state index contributed by atoms with van der Waals surface area (Å²) >= 11 is 3.42. The van der Waals surface area contributed by atoms with E-state index in [0.717, 1.165) is 48.5 Å². The predicted octanol–water partition coefficient (Wildman–Crippen LogP) is 4.66. The van der Waals surface area contributed by atoms with Crippen LogP contribution in [0.15, 0.2) is 41.4 Å². The maximum absolute atomic E-state index is 8.17. The Bertz CT molecular complexity index is 859. The summed E-state index contributed by atoms with van der Waals surface area (Å²) < 4.78 is 5.89. The van der Waals surface area contributed by atoms with Crippen molar-refractivity contribution in [2.75, 3.05) is 19.6 Å². The number of amidine groups is 1. The van der Waals surface area contributed by atoms with Crippen molar-refractivity contribution in [1.29, 1.82) is 5.41 Å². The summed E-state index contributed by atoms with van der Waals surface area (Å²) in [5.74, 6) is 0.925. The molecule has 0 atom stereocenters. The van der Waals surface area contributed by atoms with Crippen LogP contribution in [0.2, 0.25) is 0 Å². The molecule has 0 aliphatic rings. The largest absolute Gasteiger partial charge is 0.414 e. The maximum atomic E-state index is 8.17. The van der Waals surface area contributed by atoms with E-state index >= 15 is 0 Å². The van der Waals surface area contributed by atoms with Crippen molar-refractivity contribution >= 4 is 23.7 Å². The van der Waals surface area contributed by atoms with Crippen LogP contribution in [-0.4, -0.2) is 35.6 Å². The van der Waals surface area contributed by atoms with Gasteiger partial charge in [0.1, 0.15) is 5.75 Å². The highest BCUT2D eigenvalue weighted by atomic mass is 32.1. The monoisotopic (exact) mass is 412 g/mol. The molecule has 29 heavy (non-hydrogen) atoms. The molecule has 2 aromatic rings. The van der Waals surface area contributed by atoms with E-state index in [9.17, 15) is 0 Å². The van der Waals surface area contributed by atoms with Crippen molar-refractivity contribution in [2.24, 2.45) is 4.99 Å². The molecular formula is C24H34N3OS+. The van der Waals surface area contributed by atoms with Crippen LogP contribution in [-0.2, 0) is 19.0 Å². The van der Waals surface area contributed by atoms with Gasteiger partial charge in [-0.2, -0.15) is 0 Å². The molecule has 4 nitrogen and oxygen atoms in total. The molecule has 2 aromatic carbocycles. The van der Waals surface area contributed by atoms with Crippen molar-refractivity contribution in [3.63, 3.8) is 0 Å². The number of rotatable bonds is 8. The van der Waals surface area contributed by atoms with E-state index in [0.29, 0.717) is 0 Å². The topological polar surface area (TPSA) is 48.7 Å². The predicted molar refractivity (Wildman–Crippen MR) is 128 cm³/mol. The lowest BCUT2D eigenvalue weighted by atomic mass is 10.0. The molecule has 0 bridgehead atoms. The molecule has 5 heteroatoms. The number of benzene rings is 2. The number of nitrogens with one attached hydrogen (secondary N) is 1. The number of aliphatic imine (C=N–C) groups is 1. The lowest BCUT2D eigenvalue weighted by molar-refractivity contribution is 0.292. The molecular weight excluding hydrogens is 378 g/mol. The molecule has 1 N–H and O–H groups in total. The van der Waals surface area contributed by atoms with E-state index in [-0.39, 0.29) is 11.1 Å². The van der Waals surface area contributed by atoms with Crippen molar-refractivity contribution in [3.05, 3.63) is 64.2 Å². The highest BCUT2D eigenvalue weighted by molar-refractivity contribution is 7.77. The fourth-order valence-electron chi connectivity index (χ4n) is 3.26. The van der Waals surface area contributed by atoms with Crippen LogP contribution < -0.4 is 4.74 Å². The van der Waals surface area contributed by atoms with Gasteiger partial charge in [-0.15, -0.1) is 4.99 Å². The van der Waals surface area contributed by atoms with Gasteiger partial charge >= 0.3 is 5.23 Å². The van der Waals surface area contributed by atoms with Crippen molar-refractivity contribution in [2.45, 2.75) is 47.5 Å². The van der Waals surface area contributed by atoms with Crippen molar-refractivity contribution < 1.29 is 4.74 Å². The van der Waals surface area contributed by atoms with Gasteiger partial charge in [0.15, 0.2) is 5.84 Å². The number of likely N-dealkylation sites (N-methyl/N-ethyl adjacent to an activating group) is 1. The molecule has 0 aliphatic heterocycles. The van der Waals surface area contributed by atoms with E-state index in [1.807, 2.05) is 38.1 Å². The molecule has 0 saturated carbocycles. The number of aryl methyl sites for hydroxylation is 3. The van der Waals surface area contributed by atoms with Gasteiger partial charge in [0.25, 0.3) is 0 Å². The summed E-state index contributed by atoms with van der Waals surface area (Å²) in [5, 5.41) is 8.45. The molecule has 156 valence electrons. The van der Waals surface area contributed by atoms with Crippen LogP contribution in [0, 0.1) is 26.2 Å². The van der Waals surface area contributed by atoms with Gasteiger partial charge in [0.2, 0.25) is 0 Å². The molecule has 0 saturated heterocycles. The first-order valence-electron chi connectivity index (χ1n) is 10.3. The Kier molecular flexibility index (Phi) is 8.93. The Morgan fingerprint density at radius 2 is 1.72 bits per heavy atom. The quantitative estimate of drug-likeness (QED) is 0.389. The van der Waals surface area contributed by atoms with E-state index in [2.05, 4.69) is 55.4 Å². The molecule has 0 spiro atoms.